The Morgan fingerprint density at radius 3 is 2.31 bits per heavy atom. The second-order valence-electron chi connectivity index (χ2n) is 10.6. The van der Waals surface area contributed by atoms with E-state index in [4.69, 9.17) is 4.74 Å². The third kappa shape index (κ3) is 8.61. The molecule has 0 fully saturated rings. The zero-order chi connectivity index (χ0) is 33.0. The van der Waals surface area contributed by atoms with Crippen molar-refractivity contribution in [1.82, 2.24) is 20.3 Å². The third-order valence-corrected chi connectivity index (χ3v) is 8.68. The lowest BCUT2D eigenvalue weighted by molar-refractivity contribution is -0.140. The van der Waals surface area contributed by atoms with Crippen molar-refractivity contribution in [3.05, 3.63) is 89.2 Å². The summed E-state index contributed by atoms with van der Waals surface area (Å²) in [6.07, 6.45) is -4.24. The van der Waals surface area contributed by atoms with Gasteiger partial charge in [0.2, 0.25) is 9.84 Å². The molecule has 0 saturated carbocycles. The van der Waals surface area contributed by atoms with E-state index in [-0.39, 0.29) is 28.1 Å². The first-order valence-electron chi connectivity index (χ1n) is 13.2. The zero-order valence-corrected chi connectivity index (χ0v) is 25.8. The Bertz CT molecular complexity index is 1760. The highest BCUT2D eigenvalue weighted by molar-refractivity contribution is 7.91. The van der Waals surface area contributed by atoms with Crippen molar-refractivity contribution in [3.63, 3.8) is 0 Å². The first-order chi connectivity index (χ1) is 21.0. The fourth-order valence-electron chi connectivity index (χ4n) is 3.95. The minimum Gasteiger partial charge on any atom is -0.480 e. The molecule has 0 radical (unpaired) electrons. The number of nitrogens with one attached hydrogen (secondary N) is 1. The summed E-state index contributed by atoms with van der Waals surface area (Å²) in [4.78, 5) is 37.2. The number of anilines is 1. The number of amides is 1. The van der Waals surface area contributed by atoms with Crippen LogP contribution in [0.5, 0.6) is 0 Å². The molecule has 11 nitrogen and oxygen atoms in total. The number of nitrogens with zero attached hydrogens (tertiary/aromatic N) is 4. The van der Waals surface area contributed by atoms with E-state index in [0.29, 0.717) is 11.1 Å². The maximum Gasteiger partial charge on any atom is 0.434 e. The van der Waals surface area contributed by atoms with Crippen molar-refractivity contribution in [2.75, 3.05) is 11.4 Å². The Morgan fingerprint density at radius 1 is 1.02 bits per heavy atom. The lowest BCUT2D eigenvalue weighted by Gasteiger charge is -2.26. The molecule has 1 aromatic carbocycles. The van der Waals surface area contributed by atoms with Crippen LogP contribution in [-0.4, -0.2) is 52.7 Å². The van der Waals surface area contributed by atoms with Crippen LogP contribution in [0.2, 0.25) is 0 Å². The summed E-state index contributed by atoms with van der Waals surface area (Å²) in [6, 6.07) is 14.9. The number of benzene rings is 1. The molecule has 16 heteroatoms. The molecule has 3 aromatic heterocycles. The summed E-state index contributed by atoms with van der Waals surface area (Å²) in [5, 5.41) is 11.7. The fourth-order valence-corrected chi connectivity index (χ4v) is 6.25. The highest BCUT2D eigenvalue weighted by Crippen LogP contribution is 2.34. The molecular weight excluding hydrogens is 635 g/mol. The summed E-state index contributed by atoms with van der Waals surface area (Å²) in [6.45, 7) is 3.99. The fraction of sp³-hybridized carbons (Fsp3) is 0.276. The highest BCUT2D eigenvalue weighted by Gasteiger charge is 2.34. The molecule has 3 heterocycles. The number of ether oxygens (including phenoxy) is 1. The van der Waals surface area contributed by atoms with Crippen LogP contribution >= 0.6 is 11.3 Å². The van der Waals surface area contributed by atoms with Crippen LogP contribution in [0.4, 0.5) is 23.8 Å². The van der Waals surface area contributed by atoms with Crippen molar-refractivity contribution >= 4 is 39.1 Å². The van der Waals surface area contributed by atoms with E-state index >= 15 is 0 Å². The van der Waals surface area contributed by atoms with Gasteiger partial charge in [0.25, 0.3) is 0 Å². The summed E-state index contributed by atoms with van der Waals surface area (Å²) < 4.78 is 71.8. The number of carbonyl (C=O) groups excluding carboxylic acids is 1. The Balaban J connectivity index is 1.66. The average Bonchev–Trinajstić information content (AvgIpc) is 3.47. The lowest BCUT2D eigenvalue weighted by Crippen LogP contribution is -2.40. The normalized spacial score (nSPS) is 12.8. The molecule has 238 valence electrons. The van der Waals surface area contributed by atoms with E-state index in [1.165, 1.54) is 36.5 Å². The van der Waals surface area contributed by atoms with Crippen LogP contribution < -0.4 is 10.2 Å². The second-order valence-corrected chi connectivity index (χ2v) is 13.4. The Morgan fingerprint density at radius 2 is 1.73 bits per heavy atom. The second kappa shape index (κ2) is 13.3. The Hall–Kier alpha value is -4.41. The lowest BCUT2D eigenvalue weighted by atomic mass is 10.1. The van der Waals surface area contributed by atoms with E-state index < -0.39 is 51.3 Å². The molecule has 0 aliphatic heterocycles. The molecule has 0 aliphatic rings. The highest BCUT2D eigenvalue weighted by atomic mass is 32.2. The van der Waals surface area contributed by atoms with E-state index in [1.54, 1.807) is 51.1 Å². The van der Waals surface area contributed by atoms with Crippen molar-refractivity contribution in [2.45, 2.75) is 49.5 Å². The van der Waals surface area contributed by atoms with Crippen molar-refractivity contribution < 1.29 is 41.0 Å². The largest absolute Gasteiger partial charge is 0.480 e. The van der Waals surface area contributed by atoms with Gasteiger partial charge in [-0.3, -0.25) is 15.0 Å². The van der Waals surface area contributed by atoms with Gasteiger partial charge < -0.3 is 9.84 Å². The molecule has 0 spiro atoms. The number of carbonyl (C=O) groups is 2. The number of aliphatic carboxylic acids is 1. The topological polar surface area (TPSA) is 152 Å². The van der Waals surface area contributed by atoms with E-state index in [9.17, 15) is 36.3 Å². The summed E-state index contributed by atoms with van der Waals surface area (Å²) in [7, 11) is -4.25. The number of thiazole rings is 1. The number of carboxylic acids is 1. The number of aromatic nitrogens is 3. The predicted molar refractivity (Wildman–Crippen MR) is 159 cm³/mol. The number of sulfone groups is 1. The standard InChI is InChI=1S/C29H28F3N5O6S2/c1-28(2,3)43-27(40)37(16-24(38)39)22-8-6-7-20(35-22)26(45(41,42)23-9-4-5-14-33-23)34-15-18-10-12-19(13-11-18)25-36-21(17-44-25)29(30,31)32/h4-14,17,26,34H,15-16H2,1-3H3,(H,38,39). The van der Waals surface area contributed by atoms with Gasteiger partial charge in [0.15, 0.2) is 16.1 Å². The average molecular weight is 664 g/mol. The van der Waals surface area contributed by atoms with Crippen LogP contribution in [0, 0.1) is 0 Å². The number of halogens is 3. The number of rotatable bonds is 10. The van der Waals surface area contributed by atoms with E-state index in [2.05, 4.69) is 20.3 Å². The molecule has 1 atom stereocenters. The SMILES string of the molecule is CC(C)(C)OC(=O)N(CC(=O)O)c1cccc(C(NCc2ccc(-c3nc(C(F)(F)F)cs3)cc2)S(=O)(=O)c2ccccn2)n1. The first-order valence-corrected chi connectivity index (χ1v) is 15.7. The van der Waals surface area contributed by atoms with Crippen molar-refractivity contribution in [2.24, 2.45) is 0 Å². The molecule has 0 bridgehead atoms. The van der Waals surface area contributed by atoms with Crippen LogP contribution in [0.25, 0.3) is 10.6 Å². The number of carboxylic acid groups (broad SMARTS) is 1. The summed E-state index contributed by atoms with van der Waals surface area (Å²) >= 11 is 0.849. The van der Waals surface area contributed by atoms with Crippen LogP contribution in [0.3, 0.4) is 0 Å². The molecule has 1 amide bonds. The molecule has 2 N–H and O–H groups in total. The van der Waals surface area contributed by atoms with Crippen LogP contribution in [0.15, 0.2) is 77.3 Å². The molecular formula is C29H28F3N5O6S2. The van der Waals surface area contributed by atoms with Crippen molar-refractivity contribution in [1.29, 1.82) is 0 Å². The van der Waals surface area contributed by atoms with Gasteiger partial charge in [-0.1, -0.05) is 36.4 Å². The Kier molecular flexibility index (Phi) is 9.89. The first kappa shape index (κ1) is 33.5. The minimum absolute atomic E-state index is 0.0283. The van der Waals surface area contributed by atoms with Crippen LogP contribution in [-0.2, 0) is 32.1 Å². The molecule has 45 heavy (non-hydrogen) atoms. The molecule has 4 aromatic rings. The van der Waals surface area contributed by atoms with Gasteiger partial charge in [0.05, 0.1) is 5.69 Å². The summed E-state index contributed by atoms with van der Waals surface area (Å²) in [5.41, 5.74) is -0.958. The molecule has 1 unspecified atom stereocenters. The van der Waals surface area contributed by atoms with Gasteiger partial charge in [0, 0.05) is 23.7 Å². The van der Waals surface area contributed by atoms with Gasteiger partial charge in [-0.2, -0.15) is 13.2 Å². The number of alkyl halides is 3. The zero-order valence-electron chi connectivity index (χ0n) is 24.1. The molecule has 4 rings (SSSR count). The maximum absolute atomic E-state index is 13.8. The van der Waals surface area contributed by atoms with Crippen LogP contribution in [0.1, 0.15) is 43.1 Å². The van der Waals surface area contributed by atoms with Gasteiger partial charge in [-0.05, 0) is 50.6 Å². The molecule has 0 aliphatic carbocycles. The number of hydrogen-bond acceptors (Lipinski definition) is 10. The van der Waals surface area contributed by atoms with E-state index in [0.717, 1.165) is 21.6 Å². The monoisotopic (exact) mass is 663 g/mol. The Labute approximate surface area is 260 Å². The third-order valence-electron chi connectivity index (χ3n) is 5.94. The van der Waals surface area contributed by atoms with Crippen molar-refractivity contribution in [3.8, 4) is 10.6 Å². The minimum atomic E-state index is -4.56. The number of hydrogen-bond donors (Lipinski definition) is 2. The molecule has 0 saturated heterocycles. The van der Waals surface area contributed by atoms with Gasteiger partial charge >= 0.3 is 18.2 Å². The summed E-state index contributed by atoms with van der Waals surface area (Å²) in [5.74, 6) is -1.50. The smallest absolute Gasteiger partial charge is 0.434 e. The van der Waals surface area contributed by atoms with E-state index in [1.807, 2.05) is 0 Å². The predicted octanol–water partition coefficient (Wildman–Crippen LogP) is 5.71. The quantitative estimate of drug-likeness (QED) is 0.216. The maximum atomic E-state index is 13.8. The van der Waals surface area contributed by atoms with Gasteiger partial charge in [-0.15, -0.1) is 11.3 Å². The number of pyridine rings is 2. The van der Waals surface area contributed by atoms with Gasteiger partial charge in [-0.25, -0.2) is 28.2 Å². The van der Waals surface area contributed by atoms with Gasteiger partial charge in [0.1, 0.15) is 23.0 Å².